The highest BCUT2D eigenvalue weighted by Crippen LogP contribution is 2.38. The van der Waals surface area contributed by atoms with E-state index in [1.807, 2.05) is 25.2 Å². The molecule has 7 heteroatoms. The zero-order valence-electron chi connectivity index (χ0n) is 14.9. The average molecular weight is 462 g/mol. The highest BCUT2D eigenvalue weighted by atomic mass is 79.9. The molecular formula is C19H23BrCl2N2O2. The molecule has 0 bridgehead atoms. The zero-order chi connectivity index (χ0) is 18.9. The molecule has 0 aliphatic rings. The smallest absolute Gasteiger partial charge is 0.175 e. The number of ether oxygens (including phenoxy) is 2. The van der Waals surface area contributed by atoms with Crippen LogP contribution in [0.4, 0.5) is 0 Å². The van der Waals surface area contributed by atoms with Gasteiger partial charge in [-0.3, -0.25) is 0 Å². The van der Waals surface area contributed by atoms with Crippen molar-refractivity contribution in [1.29, 1.82) is 0 Å². The Balaban J connectivity index is 2.06. The molecule has 0 saturated heterocycles. The summed E-state index contributed by atoms with van der Waals surface area (Å²) in [5.74, 6) is 1.29. The van der Waals surface area contributed by atoms with Gasteiger partial charge in [0.2, 0.25) is 0 Å². The van der Waals surface area contributed by atoms with Crippen LogP contribution in [0.15, 0.2) is 34.8 Å². The molecule has 0 aliphatic carbocycles. The fourth-order valence-electron chi connectivity index (χ4n) is 2.45. The Morgan fingerprint density at radius 1 is 1.12 bits per heavy atom. The summed E-state index contributed by atoms with van der Waals surface area (Å²) in [6, 6.07) is 9.39. The normalized spacial score (nSPS) is 10.8. The molecule has 2 aromatic rings. The van der Waals surface area contributed by atoms with Gasteiger partial charge in [0, 0.05) is 22.2 Å². The van der Waals surface area contributed by atoms with Gasteiger partial charge in [0.05, 0.1) is 11.6 Å². The second kappa shape index (κ2) is 11.0. The van der Waals surface area contributed by atoms with E-state index in [4.69, 9.17) is 32.7 Å². The van der Waals surface area contributed by atoms with Gasteiger partial charge in [-0.25, -0.2) is 0 Å². The molecule has 0 amide bonds. The van der Waals surface area contributed by atoms with E-state index in [9.17, 15) is 0 Å². The standard InChI is InChI=1S/C19H23BrCl2N2O2/c1-23-7-4-8-24-11-13-9-15(20)19(18(10-13)25-2)26-12-14-16(21)5-3-6-17(14)22/h3,5-6,9-10,23-24H,4,7-8,11-12H2,1-2H3. The maximum absolute atomic E-state index is 6.21. The highest BCUT2D eigenvalue weighted by Gasteiger charge is 2.14. The molecule has 0 aliphatic heterocycles. The third kappa shape index (κ3) is 6.03. The van der Waals surface area contributed by atoms with E-state index >= 15 is 0 Å². The minimum atomic E-state index is 0.259. The van der Waals surface area contributed by atoms with E-state index in [0.717, 1.165) is 41.7 Å². The molecule has 4 nitrogen and oxygen atoms in total. The van der Waals surface area contributed by atoms with Gasteiger partial charge in [0.1, 0.15) is 6.61 Å². The van der Waals surface area contributed by atoms with Crippen LogP contribution in [0.3, 0.4) is 0 Å². The predicted octanol–water partition coefficient (Wildman–Crippen LogP) is 5.04. The Morgan fingerprint density at radius 2 is 1.85 bits per heavy atom. The summed E-state index contributed by atoms with van der Waals surface area (Å²) < 4.78 is 12.3. The van der Waals surface area contributed by atoms with Gasteiger partial charge in [0.25, 0.3) is 0 Å². The lowest BCUT2D eigenvalue weighted by atomic mass is 10.2. The molecule has 0 aromatic heterocycles. The summed E-state index contributed by atoms with van der Waals surface area (Å²) in [6.07, 6.45) is 1.08. The van der Waals surface area contributed by atoms with Crippen molar-refractivity contribution < 1.29 is 9.47 Å². The van der Waals surface area contributed by atoms with Gasteiger partial charge in [-0.1, -0.05) is 29.3 Å². The molecule has 0 fully saturated rings. The van der Waals surface area contributed by atoms with E-state index in [1.165, 1.54) is 0 Å². The molecule has 2 rings (SSSR count). The second-order valence-electron chi connectivity index (χ2n) is 5.73. The van der Waals surface area contributed by atoms with Crippen LogP contribution in [0, 0.1) is 0 Å². The topological polar surface area (TPSA) is 42.5 Å². The molecular weight excluding hydrogens is 439 g/mol. The van der Waals surface area contributed by atoms with Crippen molar-refractivity contribution in [1.82, 2.24) is 10.6 Å². The van der Waals surface area contributed by atoms with Crippen molar-refractivity contribution in [2.24, 2.45) is 0 Å². The van der Waals surface area contributed by atoms with Gasteiger partial charge in [-0.15, -0.1) is 0 Å². The minimum absolute atomic E-state index is 0.259. The van der Waals surface area contributed by atoms with Gasteiger partial charge in [-0.05, 0) is 72.3 Å². The van der Waals surface area contributed by atoms with Crippen LogP contribution < -0.4 is 20.1 Å². The third-order valence-electron chi connectivity index (χ3n) is 3.82. The van der Waals surface area contributed by atoms with Gasteiger partial charge >= 0.3 is 0 Å². The number of rotatable bonds is 10. The number of hydrogen-bond acceptors (Lipinski definition) is 4. The Morgan fingerprint density at radius 3 is 2.50 bits per heavy atom. The molecule has 2 N–H and O–H groups in total. The summed E-state index contributed by atoms with van der Waals surface area (Å²) in [4.78, 5) is 0. The quantitative estimate of drug-likeness (QED) is 0.486. The lowest BCUT2D eigenvalue weighted by Crippen LogP contribution is -2.19. The number of methoxy groups -OCH3 is 1. The zero-order valence-corrected chi connectivity index (χ0v) is 18.0. The molecule has 26 heavy (non-hydrogen) atoms. The van der Waals surface area contributed by atoms with Crippen LogP contribution in [-0.4, -0.2) is 27.2 Å². The van der Waals surface area contributed by atoms with Crippen LogP contribution in [0.25, 0.3) is 0 Å². The molecule has 0 saturated carbocycles. The summed E-state index contributed by atoms with van der Waals surface area (Å²) >= 11 is 16.0. The number of hydrogen-bond donors (Lipinski definition) is 2. The highest BCUT2D eigenvalue weighted by molar-refractivity contribution is 9.10. The Hall–Kier alpha value is -0.980. The summed E-state index contributed by atoms with van der Waals surface area (Å²) in [5.41, 5.74) is 1.86. The van der Waals surface area contributed by atoms with Crippen molar-refractivity contribution in [3.05, 3.63) is 56.0 Å². The van der Waals surface area contributed by atoms with E-state index in [1.54, 1.807) is 19.2 Å². The molecule has 142 valence electrons. The first-order valence-electron chi connectivity index (χ1n) is 8.34. The lowest BCUT2D eigenvalue weighted by molar-refractivity contribution is 0.282. The van der Waals surface area contributed by atoms with Crippen LogP contribution in [0.5, 0.6) is 11.5 Å². The number of nitrogens with one attached hydrogen (secondary N) is 2. The van der Waals surface area contributed by atoms with Crippen molar-refractivity contribution in [3.63, 3.8) is 0 Å². The predicted molar refractivity (Wildman–Crippen MR) is 112 cm³/mol. The van der Waals surface area contributed by atoms with E-state index in [0.29, 0.717) is 21.5 Å². The molecule has 0 heterocycles. The first kappa shape index (κ1) is 21.3. The average Bonchev–Trinajstić information content (AvgIpc) is 2.62. The molecule has 0 spiro atoms. The summed E-state index contributed by atoms with van der Waals surface area (Å²) in [7, 11) is 3.58. The lowest BCUT2D eigenvalue weighted by Gasteiger charge is -2.16. The molecule has 2 aromatic carbocycles. The van der Waals surface area contributed by atoms with E-state index < -0.39 is 0 Å². The molecule has 0 radical (unpaired) electrons. The van der Waals surface area contributed by atoms with Gasteiger partial charge < -0.3 is 20.1 Å². The summed E-state index contributed by atoms with van der Waals surface area (Å²) in [5, 5.41) is 7.71. The summed E-state index contributed by atoms with van der Waals surface area (Å²) in [6.45, 7) is 2.96. The first-order chi connectivity index (χ1) is 12.6. The van der Waals surface area contributed by atoms with Crippen LogP contribution in [-0.2, 0) is 13.2 Å². The Kier molecular flexibility index (Phi) is 9.02. The Labute approximate surface area is 173 Å². The Bertz CT molecular complexity index is 709. The molecule has 0 unspecified atom stereocenters. The van der Waals surface area contributed by atoms with Crippen molar-refractivity contribution in [2.75, 3.05) is 27.2 Å². The van der Waals surface area contributed by atoms with Gasteiger partial charge in [0.15, 0.2) is 11.5 Å². The SMILES string of the molecule is CNCCCNCc1cc(Br)c(OCc2c(Cl)cccc2Cl)c(OC)c1. The monoisotopic (exact) mass is 460 g/mol. The fourth-order valence-corrected chi connectivity index (χ4v) is 3.56. The minimum Gasteiger partial charge on any atom is -0.493 e. The van der Waals surface area contributed by atoms with Crippen LogP contribution in [0.1, 0.15) is 17.5 Å². The van der Waals surface area contributed by atoms with Crippen LogP contribution in [0.2, 0.25) is 10.0 Å². The van der Waals surface area contributed by atoms with Crippen LogP contribution >= 0.6 is 39.1 Å². The molecule has 0 atom stereocenters. The second-order valence-corrected chi connectivity index (χ2v) is 7.40. The van der Waals surface area contributed by atoms with E-state index in [-0.39, 0.29) is 6.61 Å². The fraction of sp³-hybridized carbons (Fsp3) is 0.368. The van der Waals surface area contributed by atoms with Crippen molar-refractivity contribution in [2.45, 2.75) is 19.6 Å². The van der Waals surface area contributed by atoms with Gasteiger partial charge in [-0.2, -0.15) is 0 Å². The van der Waals surface area contributed by atoms with Crippen molar-refractivity contribution in [3.8, 4) is 11.5 Å². The van der Waals surface area contributed by atoms with E-state index in [2.05, 4.69) is 26.6 Å². The number of halogens is 3. The third-order valence-corrected chi connectivity index (χ3v) is 5.12. The number of benzene rings is 2. The first-order valence-corrected chi connectivity index (χ1v) is 9.89. The maximum Gasteiger partial charge on any atom is 0.175 e. The maximum atomic E-state index is 6.21. The largest absolute Gasteiger partial charge is 0.493 e. The van der Waals surface area contributed by atoms with Crippen molar-refractivity contribution >= 4 is 39.1 Å².